The number of amides is 1. The highest BCUT2D eigenvalue weighted by Crippen LogP contribution is 2.30. The molecule has 4 rings (SSSR count). The van der Waals surface area contributed by atoms with Gasteiger partial charge in [-0.05, 0) is 50.6 Å². The molecule has 0 saturated carbocycles. The minimum atomic E-state index is 0.217. The van der Waals surface area contributed by atoms with E-state index in [9.17, 15) is 4.79 Å². The van der Waals surface area contributed by atoms with Crippen LogP contribution in [0, 0.1) is 0 Å². The summed E-state index contributed by atoms with van der Waals surface area (Å²) in [6.07, 6.45) is 4.41. The molecule has 1 aromatic carbocycles. The number of benzene rings is 1. The number of rotatable bonds is 5. The topological polar surface area (TPSA) is 63.5 Å². The first kappa shape index (κ1) is 18.9. The average Bonchev–Trinajstić information content (AvgIpc) is 3.25. The van der Waals surface area contributed by atoms with E-state index in [1.165, 1.54) is 6.42 Å². The summed E-state index contributed by atoms with van der Waals surface area (Å²) < 4.78 is 7.44. The molecule has 0 N–H and O–H groups in total. The Morgan fingerprint density at radius 1 is 1.14 bits per heavy atom. The van der Waals surface area contributed by atoms with Crippen LogP contribution in [0.1, 0.15) is 42.5 Å². The van der Waals surface area contributed by atoms with Crippen LogP contribution in [0.4, 0.5) is 0 Å². The van der Waals surface area contributed by atoms with Crippen LogP contribution in [-0.2, 0) is 24.2 Å². The van der Waals surface area contributed by atoms with Gasteiger partial charge < -0.3 is 14.2 Å². The molecule has 2 aliphatic rings. The fraction of sp³-hybridized carbons (Fsp3) is 0.571. The lowest BCUT2D eigenvalue weighted by Gasteiger charge is -2.22. The minimum Gasteiger partial charge on any atom is -0.497 e. The molecule has 0 aliphatic carbocycles. The quantitative estimate of drug-likeness (QED) is 0.791. The molecule has 28 heavy (non-hydrogen) atoms. The number of methoxy groups -OCH3 is 1. The van der Waals surface area contributed by atoms with Crippen LogP contribution >= 0.6 is 0 Å². The van der Waals surface area contributed by atoms with Crippen LogP contribution in [0.25, 0.3) is 0 Å². The van der Waals surface area contributed by atoms with Gasteiger partial charge in [-0.15, -0.1) is 10.2 Å². The van der Waals surface area contributed by atoms with E-state index in [4.69, 9.17) is 4.74 Å². The zero-order chi connectivity index (χ0) is 19.5. The summed E-state index contributed by atoms with van der Waals surface area (Å²) in [5, 5.41) is 8.93. The fourth-order valence-electron chi connectivity index (χ4n) is 4.28. The van der Waals surface area contributed by atoms with E-state index in [1.54, 1.807) is 7.11 Å². The highest BCUT2D eigenvalue weighted by atomic mass is 16.5. The van der Waals surface area contributed by atoms with Crippen molar-refractivity contribution in [1.82, 2.24) is 24.6 Å². The number of ether oxygens (including phenoxy) is 1. The molecule has 0 bridgehead atoms. The minimum absolute atomic E-state index is 0.217. The van der Waals surface area contributed by atoms with Crippen LogP contribution < -0.4 is 4.74 Å². The number of hydrogen-bond donors (Lipinski definition) is 0. The van der Waals surface area contributed by atoms with Crippen molar-refractivity contribution in [2.45, 2.75) is 44.7 Å². The first-order chi connectivity index (χ1) is 13.7. The van der Waals surface area contributed by atoms with Gasteiger partial charge in [-0.2, -0.15) is 0 Å². The summed E-state index contributed by atoms with van der Waals surface area (Å²) in [4.78, 5) is 17.1. The van der Waals surface area contributed by atoms with Gasteiger partial charge >= 0.3 is 0 Å². The van der Waals surface area contributed by atoms with Gasteiger partial charge in [-0.1, -0.05) is 12.1 Å². The second kappa shape index (κ2) is 8.31. The largest absolute Gasteiger partial charge is 0.497 e. The number of hydrogen-bond acceptors (Lipinski definition) is 5. The number of nitrogens with zero attached hydrogens (tertiary/aromatic N) is 5. The monoisotopic (exact) mass is 383 g/mol. The zero-order valence-electron chi connectivity index (χ0n) is 16.8. The fourth-order valence-corrected chi connectivity index (χ4v) is 4.28. The maximum Gasteiger partial charge on any atom is 0.222 e. The molecule has 0 unspecified atom stereocenters. The van der Waals surface area contributed by atoms with Crippen molar-refractivity contribution in [3.8, 4) is 5.75 Å². The number of aromatic nitrogens is 3. The van der Waals surface area contributed by atoms with Crippen molar-refractivity contribution in [1.29, 1.82) is 0 Å². The molecular weight excluding hydrogens is 354 g/mol. The first-order valence-corrected chi connectivity index (χ1v) is 10.2. The molecule has 2 aromatic rings. The Bertz CT molecular complexity index is 817. The Hall–Kier alpha value is -2.41. The van der Waals surface area contributed by atoms with Gasteiger partial charge in [0.25, 0.3) is 0 Å². The van der Waals surface area contributed by atoms with Crippen molar-refractivity contribution in [3.05, 3.63) is 41.5 Å². The van der Waals surface area contributed by atoms with Gasteiger partial charge in [0.1, 0.15) is 17.4 Å². The van der Waals surface area contributed by atoms with Crippen LogP contribution in [0.3, 0.4) is 0 Å². The zero-order valence-corrected chi connectivity index (χ0v) is 16.8. The van der Waals surface area contributed by atoms with Gasteiger partial charge in [0, 0.05) is 32.5 Å². The van der Waals surface area contributed by atoms with Crippen LogP contribution in [0.2, 0.25) is 0 Å². The van der Waals surface area contributed by atoms with E-state index < -0.39 is 0 Å². The maximum absolute atomic E-state index is 12.8. The second-order valence-corrected chi connectivity index (χ2v) is 7.74. The molecule has 1 fully saturated rings. The Balaban J connectivity index is 1.35. The molecule has 7 heteroatoms. The number of carbonyl (C=O) groups excluding carboxylic acids is 1. The molecule has 3 heterocycles. The molecule has 7 nitrogen and oxygen atoms in total. The van der Waals surface area contributed by atoms with Crippen molar-refractivity contribution in [2.75, 3.05) is 33.8 Å². The SMILES string of the molecule is COc1ccc(CCC(=O)N2CCc3nnc([C@H]4CCCN4C)n3CC2)cc1. The molecule has 0 radical (unpaired) electrons. The van der Waals surface area contributed by atoms with Crippen LogP contribution in [0.5, 0.6) is 5.75 Å². The number of likely N-dealkylation sites (tertiary alicyclic amines) is 1. The first-order valence-electron chi connectivity index (χ1n) is 10.2. The number of fused-ring (bicyclic) bond motifs is 1. The Morgan fingerprint density at radius 3 is 2.68 bits per heavy atom. The van der Waals surface area contributed by atoms with Crippen LogP contribution in [-0.4, -0.2) is 64.3 Å². The van der Waals surface area contributed by atoms with E-state index in [0.717, 1.165) is 68.4 Å². The normalized spacial score (nSPS) is 20.1. The highest BCUT2D eigenvalue weighted by Gasteiger charge is 2.30. The summed E-state index contributed by atoms with van der Waals surface area (Å²) in [6, 6.07) is 8.30. The predicted octanol–water partition coefficient (Wildman–Crippen LogP) is 2.07. The predicted molar refractivity (Wildman–Crippen MR) is 106 cm³/mol. The van der Waals surface area contributed by atoms with Crippen molar-refractivity contribution in [3.63, 3.8) is 0 Å². The maximum atomic E-state index is 12.8. The average molecular weight is 383 g/mol. The van der Waals surface area contributed by atoms with E-state index in [1.807, 2.05) is 29.2 Å². The van der Waals surface area contributed by atoms with E-state index in [2.05, 4.69) is 26.7 Å². The molecule has 2 aliphatic heterocycles. The molecule has 1 aromatic heterocycles. The third kappa shape index (κ3) is 3.90. The molecule has 150 valence electrons. The summed E-state index contributed by atoms with van der Waals surface area (Å²) in [6.45, 7) is 3.36. The van der Waals surface area contributed by atoms with E-state index >= 15 is 0 Å². The van der Waals surface area contributed by atoms with Crippen molar-refractivity contribution >= 4 is 5.91 Å². The van der Waals surface area contributed by atoms with Crippen molar-refractivity contribution < 1.29 is 9.53 Å². The molecule has 1 saturated heterocycles. The number of aryl methyl sites for hydroxylation is 1. The summed E-state index contributed by atoms with van der Waals surface area (Å²) in [7, 11) is 3.82. The van der Waals surface area contributed by atoms with Gasteiger partial charge in [-0.25, -0.2) is 0 Å². The Morgan fingerprint density at radius 2 is 1.96 bits per heavy atom. The van der Waals surface area contributed by atoms with Gasteiger partial charge in [0.15, 0.2) is 0 Å². The smallest absolute Gasteiger partial charge is 0.222 e. The lowest BCUT2D eigenvalue weighted by Crippen LogP contribution is -2.34. The third-order valence-corrected chi connectivity index (χ3v) is 6.01. The van der Waals surface area contributed by atoms with Crippen LogP contribution in [0.15, 0.2) is 24.3 Å². The van der Waals surface area contributed by atoms with Gasteiger partial charge in [0.2, 0.25) is 5.91 Å². The molecule has 1 amide bonds. The van der Waals surface area contributed by atoms with Gasteiger partial charge in [-0.3, -0.25) is 9.69 Å². The summed E-state index contributed by atoms with van der Waals surface area (Å²) in [5.74, 6) is 3.15. The van der Waals surface area contributed by atoms with E-state index in [0.29, 0.717) is 12.5 Å². The highest BCUT2D eigenvalue weighted by molar-refractivity contribution is 5.76. The lowest BCUT2D eigenvalue weighted by molar-refractivity contribution is -0.131. The Kier molecular flexibility index (Phi) is 5.62. The second-order valence-electron chi connectivity index (χ2n) is 7.74. The lowest BCUT2D eigenvalue weighted by atomic mass is 10.1. The van der Waals surface area contributed by atoms with E-state index in [-0.39, 0.29) is 5.91 Å². The third-order valence-electron chi connectivity index (χ3n) is 6.01. The molecular formula is C21H29N5O2. The summed E-state index contributed by atoms with van der Waals surface area (Å²) in [5.41, 5.74) is 1.16. The summed E-state index contributed by atoms with van der Waals surface area (Å²) >= 11 is 0. The Labute approximate surface area is 166 Å². The number of carbonyl (C=O) groups is 1. The standard InChI is InChI=1S/C21H29N5O2/c1-24-12-3-4-18(24)21-23-22-19-11-13-25(14-15-26(19)21)20(27)10-7-16-5-8-17(28-2)9-6-16/h5-6,8-9,18H,3-4,7,10-15H2,1-2H3/t18-/m1/s1. The molecule has 0 spiro atoms. The van der Waals surface area contributed by atoms with Gasteiger partial charge in [0.05, 0.1) is 13.2 Å². The van der Waals surface area contributed by atoms with Crippen molar-refractivity contribution in [2.24, 2.45) is 0 Å². The molecule has 1 atom stereocenters.